The highest BCUT2D eigenvalue weighted by Crippen LogP contribution is 2.11. The van der Waals surface area contributed by atoms with E-state index < -0.39 is 17.9 Å². The minimum atomic E-state index is -1.09. The molecule has 1 aliphatic rings. The molecule has 1 atom stereocenters. The topological polar surface area (TPSA) is 95.9 Å². The minimum absolute atomic E-state index is 0.201. The first-order valence-corrected chi connectivity index (χ1v) is 5.84. The van der Waals surface area contributed by atoms with Crippen LogP contribution in [0.25, 0.3) is 0 Å². The van der Waals surface area contributed by atoms with E-state index >= 15 is 0 Å². The van der Waals surface area contributed by atoms with Gasteiger partial charge in [0.25, 0.3) is 0 Å². The number of amides is 2. The Labute approximate surface area is 105 Å². The van der Waals surface area contributed by atoms with E-state index in [4.69, 9.17) is 9.84 Å². The van der Waals surface area contributed by atoms with Gasteiger partial charge in [-0.3, -0.25) is 14.4 Å². The van der Waals surface area contributed by atoms with E-state index in [1.54, 1.807) is 7.11 Å². The Morgan fingerprint density at radius 2 is 2.28 bits per heavy atom. The van der Waals surface area contributed by atoms with Crippen molar-refractivity contribution < 1.29 is 24.2 Å². The highest BCUT2D eigenvalue weighted by molar-refractivity contribution is 5.91. The molecule has 0 bridgehead atoms. The van der Waals surface area contributed by atoms with E-state index in [2.05, 4.69) is 5.32 Å². The number of hydrogen-bond donors (Lipinski definition) is 2. The molecule has 0 aromatic heterocycles. The number of piperazine rings is 1. The summed E-state index contributed by atoms with van der Waals surface area (Å²) < 4.78 is 4.85. The monoisotopic (exact) mass is 258 g/mol. The smallest absolute Gasteiger partial charge is 0.305 e. The number of hydrogen-bond acceptors (Lipinski definition) is 4. The zero-order valence-electron chi connectivity index (χ0n) is 10.3. The molecule has 1 rings (SSSR count). The maximum atomic E-state index is 11.9. The molecule has 1 aliphatic heterocycles. The Morgan fingerprint density at radius 1 is 1.56 bits per heavy atom. The second kappa shape index (κ2) is 6.95. The molecule has 18 heavy (non-hydrogen) atoms. The van der Waals surface area contributed by atoms with Gasteiger partial charge in [0, 0.05) is 33.2 Å². The largest absolute Gasteiger partial charge is 0.481 e. The normalized spacial score (nSPS) is 19.5. The standard InChI is InChI=1S/C11H18N2O5/c1-18-6-2-3-9(14)13-5-4-12-11(17)8(13)7-10(15)16/h8H,2-7H2,1H3,(H,12,17)(H,15,16). The number of ether oxygens (including phenoxy) is 1. The summed E-state index contributed by atoms with van der Waals surface area (Å²) in [6.45, 7) is 1.19. The predicted octanol–water partition coefficient (Wildman–Crippen LogP) is -0.785. The average molecular weight is 258 g/mol. The van der Waals surface area contributed by atoms with E-state index in [0.717, 1.165) is 0 Å². The molecule has 0 aromatic carbocycles. The molecule has 0 aromatic rings. The van der Waals surface area contributed by atoms with Crippen LogP contribution in [0.1, 0.15) is 19.3 Å². The molecule has 7 heteroatoms. The summed E-state index contributed by atoms with van der Waals surface area (Å²) in [7, 11) is 1.55. The molecule has 102 valence electrons. The van der Waals surface area contributed by atoms with Crippen molar-refractivity contribution in [2.24, 2.45) is 0 Å². The number of carboxylic acids is 1. The number of carboxylic acid groups (broad SMARTS) is 1. The SMILES string of the molecule is COCCCC(=O)N1CCNC(=O)C1CC(=O)O. The van der Waals surface area contributed by atoms with E-state index in [1.807, 2.05) is 0 Å². The lowest BCUT2D eigenvalue weighted by Gasteiger charge is -2.34. The van der Waals surface area contributed by atoms with E-state index in [1.165, 1.54) is 4.90 Å². The minimum Gasteiger partial charge on any atom is -0.481 e. The second-order valence-corrected chi connectivity index (χ2v) is 4.09. The number of nitrogens with zero attached hydrogens (tertiary/aromatic N) is 1. The Hall–Kier alpha value is -1.63. The average Bonchev–Trinajstić information content (AvgIpc) is 2.31. The van der Waals surface area contributed by atoms with Crippen molar-refractivity contribution in [1.82, 2.24) is 10.2 Å². The lowest BCUT2D eigenvalue weighted by atomic mass is 10.1. The lowest BCUT2D eigenvalue weighted by Crippen LogP contribution is -2.57. The molecule has 0 spiro atoms. The first-order chi connectivity index (χ1) is 8.56. The van der Waals surface area contributed by atoms with Crippen LogP contribution in [0.5, 0.6) is 0 Å². The van der Waals surface area contributed by atoms with Crippen molar-refractivity contribution >= 4 is 17.8 Å². The number of rotatable bonds is 6. The van der Waals surface area contributed by atoms with Crippen molar-refractivity contribution in [1.29, 1.82) is 0 Å². The summed E-state index contributed by atoms with van der Waals surface area (Å²) in [5, 5.41) is 11.3. The van der Waals surface area contributed by atoms with Crippen LogP contribution in [0, 0.1) is 0 Å². The maximum Gasteiger partial charge on any atom is 0.305 e. The van der Waals surface area contributed by atoms with Gasteiger partial charge in [0.2, 0.25) is 11.8 Å². The Balaban J connectivity index is 2.60. The zero-order valence-corrected chi connectivity index (χ0v) is 10.3. The molecule has 1 heterocycles. The number of methoxy groups -OCH3 is 1. The quantitative estimate of drug-likeness (QED) is 0.609. The van der Waals surface area contributed by atoms with Crippen LogP contribution in [0.2, 0.25) is 0 Å². The fraction of sp³-hybridized carbons (Fsp3) is 0.727. The Morgan fingerprint density at radius 3 is 2.89 bits per heavy atom. The van der Waals surface area contributed by atoms with Gasteiger partial charge in [-0.05, 0) is 6.42 Å². The van der Waals surface area contributed by atoms with Crippen molar-refractivity contribution in [3.63, 3.8) is 0 Å². The van der Waals surface area contributed by atoms with E-state index in [9.17, 15) is 14.4 Å². The molecule has 7 nitrogen and oxygen atoms in total. The fourth-order valence-corrected chi connectivity index (χ4v) is 1.89. The van der Waals surface area contributed by atoms with Crippen LogP contribution in [0.15, 0.2) is 0 Å². The first kappa shape index (κ1) is 14.4. The van der Waals surface area contributed by atoms with Crippen molar-refractivity contribution in [3.8, 4) is 0 Å². The maximum absolute atomic E-state index is 11.9. The van der Waals surface area contributed by atoms with Crippen molar-refractivity contribution in [3.05, 3.63) is 0 Å². The first-order valence-electron chi connectivity index (χ1n) is 5.84. The van der Waals surface area contributed by atoms with Crippen LogP contribution in [-0.4, -0.2) is 60.6 Å². The van der Waals surface area contributed by atoms with Crippen LogP contribution in [0.4, 0.5) is 0 Å². The number of nitrogens with one attached hydrogen (secondary N) is 1. The van der Waals surface area contributed by atoms with Gasteiger partial charge < -0.3 is 20.1 Å². The summed E-state index contributed by atoms with van der Waals surface area (Å²) in [5.74, 6) is -1.69. The molecular formula is C11H18N2O5. The zero-order chi connectivity index (χ0) is 13.5. The molecule has 0 aliphatic carbocycles. The third-order valence-corrected chi connectivity index (χ3v) is 2.76. The molecule has 2 N–H and O–H groups in total. The predicted molar refractivity (Wildman–Crippen MR) is 61.9 cm³/mol. The summed E-state index contributed by atoms with van der Waals surface area (Å²) >= 11 is 0. The molecule has 1 fully saturated rings. The van der Waals surface area contributed by atoms with Gasteiger partial charge >= 0.3 is 5.97 Å². The molecule has 0 saturated carbocycles. The number of aliphatic carboxylic acids is 1. The Bertz CT molecular complexity index is 331. The second-order valence-electron chi connectivity index (χ2n) is 4.09. The number of carbonyl (C=O) groups is 3. The van der Waals surface area contributed by atoms with Gasteiger partial charge in [-0.25, -0.2) is 0 Å². The van der Waals surface area contributed by atoms with Gasteiger partial charge in [0.05, 0.1) is 6.42 Å². The molecular weight excluding hydrogens is 240 g/mol. The van der Waals surface area contributed by atoms with Crippen LogP contribution in [-0.2, 0) is 19.1 Å². The van der Waals surface area contributed by atoms with Gasteiger partial charge in [-0.2, -0.15) is 0 Å². The van der Waals surface area contributed by atoms with Crippen LogP contribution in [0.3, 0.4) is 0 Å². The molecule has 2 amide bonds. The van der Waals surface area contributed by atoms with Crippen LogP contribution < -0.4 is 5.32 Å². The summed E-state index contributed by atoms with van der Waals surface area (Å²) in [6, 6.07) is -0.897. The van der Waals surface area contributed by atoms with Crippen LogP contribution >= 0.6 is 0 Å². The highest BCUT2D eigenvalue weighted by Gasteiger charge is 2.34. The van der Waals surface area contributed by atoms with Gasteiger partial charge in [0.1, 0.15) is 6.04 Å². The summed E-state index contributed by atoms with van der Waals surface area (Å²) in [6.07, 6.45) is 0.465. The fourth-order valence-electron chi connectivity index (χ4n) is 1.89. The van der Waals surface area contributed by atoms with Gasteiger partial charge in [-0.15, -0.1) is 0 Å². The van der Waals surface area contributed by atoms with Crippen molar-refractivity contribution in [2.45, 2.75) is 25.3 Å². The lowest BCUT2D eigenvalue weighted by molar-refractivity contribution is -0.148. The summed E-state index contributed by atoms with van der Waals surface area (Å²) in [5.41, 5.74) is 0. The third-order valence-electron chi connectivity index (χ3n) is 2.76. The van der Waals surface area contributed by atoms with Crippen molar-refractivity contribution in [2.75, 3.05) is 26.8 Å². The Kier molecular flexibility index (Phi) is 5.57. The number of carbonyl (C=O) groups excluding carboxylic acids is 2. The third kappa shape index (κ3) is 3.99. The molecule has 0 radical (unpaired) electrons. The van der Waals surface area contributed by atoms with E-state index in [-0.39, 0.29) is 18.7 Å². The summed E-state index contributed by atoms with van der Waals surface area (Å²) in [4.78, 5) is 35.5. The highest BCUT2D eigenvalue weighted by atomic mass is 16.5. The molecule has 1 unspecified atom stereocenters. The van der Waals surface area contributed by atoms with Gasteiger partial charge in [-0.1, -0.05) is 0 Å². The van der Waals surface area contributed by atoms with Gasteiger partial charge in [0.15, 0.2) is 0 Å². The van der Waals surface area contributed by atoms with E-state index in [0.29, 0.717) is 26.1 Å². The molecule has 1 saturated heterocycles.